The lowest BCUT2D eigenvalue weighted by Crippen LogP contribution is -2.16. The minimum atomic E-state index is -4.00. The highest BCUT2D eigenvalue weighted by Gasteiger charge is 2.34. The third-order valence-electron chi connectivity index (χ3n) is 4.52. The highest BCUT2D eigenvalue weighted by Crippen LogP contribution is 2.33. The van der Waals surface area contributed by atoms with Crippen molar-refractivity contribution in [1.29, 1.82) is 5.26 Å². The number of para-hydroxylation sites is 2. The fraction of sp³-hybridized carbons (Fsp3) is 0.318. The normalized spacial score (nSPS) is 12.7. The minimum absolute atomic E-state index is 0.0236. The summed E-state index contributed by atoms with van der Waals surface area (Å²) in [4.78, 5) is 8.99. The first-order chi connectivity index (χ1) is 13.8. The Morgan fingerprint density at radius 2 is 1.66 bits per heavy atom. The predicted molar refractivity (Wildman–Crippen MR) is 111 cm³/mol. The number of nitriles is 1. The second kappa shape index (κ2) is 8.58. The maximum atomic E-state index is 13.2. The van der Waals surface area contributed by atoms with Crippen molar-refractivity contribution in [2.75, 3.05) is 6.61 Å². The Morgan fingerprint density at radius 1 is 1.03 bits per heavy atom. The molecular weight excluding hydrogens is 386 g/mol. The zero-order valence-corrected chi connectivity index (χ0v) is 17.5. The molecule has 1 heterocycles. The molecule has 0 radical (unpaired) electrons. The molecule has 1 atom stereocenters. The highest BCUT2D eigenvalue weighted by molar-refractivity contribution is 7.92. The van der Waals surface area contributed by atoms with Crippen molar-refractivity contribution in [3.63, 3.8) is 0 Å². The van der Waals surface area contributed by atoms with Crippen molar-refractivity contribution < 1.29 is 13.2 Å². The number of ether oxygens (including phenoxy) is 1. The second-order valence-electron chi connectivity index (χ2n) is 7.30. The van der Waals surface area contributed by atoms with Crippen molar-refractivity contribution in [3.05, 3.63) is 59.8 Å². The maximum Gasteiger partial charge on any atom is 0.238 e. The van der Waals surface area contributed by atoms with Crippen LogP contribution in [-0.4, -0.2) is 25.0 Å². The average Bonchev–Trinajstić information content (AvgIpc) is 2.68. The van der Waals surface area contributed by atoms with Gasteiger partial charge in [-0.3, -0.25) is 0 Å². The van der Waals surface area contributed by atoms with Gasteiger partial charge < -0.3 is 4.74 Å². The van der Waals surface area contributed by atoms with Gasteiger partial charge in [0.1, 0.15) is 5.69 Å². The molecule has 0 saturated carbocycles. The van der Waals surface area contributed by atoms with Gasteiger partial charge in [0.25, 0.3) is 0 Å². The number of fused-ring (bicyclic) bond motifs is 1. The predicted octanol–water partition coefficient (Wildman–Crippen LogP) is 4.40. The van der Waals surface area contributed by atoms with E-state index in [1.54, 1.807) is 30.3 Å². The topological polar surface area (TPSA) is 92.9 Å². The van der Waals surface area contributed by atoms with E-state index in [4.69, 9.17) is 4.74 Å². The van der Waals surface area contributed by atoms with Crippen molar-refractivity contribution in [1.82, 2.24) is 9.97 Å². The van der Waals surface area contributed by atoms with Gasteiger partial charge in [-0.15, -0.1) is 0 Å². The van der Waals surface area contributed by atoms with Crippen LogP contribution in [0.15, 0.2) is 53.4 Å². The molecular formula is C22H23N3O3S. The Labute approximate surface area is 171 Å². The lowest BCUT2D eigenvalue weighted by Gasteiger charge is -2.16. The van der Waals surface area contributed by atoms with E-state index < -0.39 is 15.1 Å². The van der Waals surface area contributed by atoms with E-state index in [9.17, 15) is 13.7 Å². The van der Waals surface area contributed by atoms with E-state index in [2.05, 4.69) is 23.8 Å². The molecule has 0 amide bonds. The quantitative estimate of drug-likeness (QED) is 0.574. The van der Waals surface area contributed by atoms with Crippen LogP contribution in [0.25, 0.3) is 11.0 Å². The molecule has 29 heavy (non-hydrogen) atoms. The third-order valence-corrected chi connectivity index (χ3v) is 6.40. The van der Waals surface area contributed by atoms with Crippen LogP contribution in [0.4, 0.5) is 0 Å². The van der Waals surface area contributed by atoms with Gasteiger partial charge in [0.2, 0.25) is 15.7 Å². The lowest BCUT2D eigenvalue weighted by molar-refractivity contribution is 0.276. The van der Waals surface area contributed by atoms with Crippen LogP contribution >= 0.6 is 0 Å². The largest absolute Gasteiger partial charge is 0.476 e. The Kier molecular flexibility index (Phi) is 6.14. The molecule has 6 nitrogen and oxygen atoms in total. The van der Waals surface area contributed by atoms with Gasteiger partial charge >= 0.3 is 0 Å². The first-order valence-corrected chi connectivity index (χ1v) is 11.0. The second-order valence-corrected chi connectivity index (χ2v) is 9.33. The van der Waals surface area contributed by atoms with Gasteiger partial charge in [-0.05, 0) is 43.5 Å². The molecule has 0 bridgehead atoms. The van der Waals surface area contributed by atoms with Crippen LogP contribution in [0.2, 0.25) is 0 Å². The van der Waals surface area contributed by atoms with Gasteiger partial charge in [0, 0.05) is 0 Å². The molecule has 1 aromatic heterocycles. The number of hydrogen-bond acceptors (Lipinski definition) is 6. The van der Waals surface area contributed by atoms with Gasteiger partial charge in [-0.2, -0.15) is 5.26 Å². The van der Waals surface area contributed by atoms with Gasteiger partial charge in [-0.1, -0.05) is 43.7 Å². The Morgan fingerprint density at radius 3 is 2.24 bits per heavy atom. The van der Waals surface area contributed by atoms with E-state index >= 15 is 0 Å². The van der Waals surface area contributed by atoms with E-state index in [0.29, 0.717) is 23.6 Å². The highest BCUT2D eigenvalue weighted by atomic mass is 32.2. The van der Waals surface area contributed by atoms with Crippen molar-refractivity contribution in [2.45, 2.75) is 37.3 Å². The van der Waals surface area contributed by atoms with E-state index in [-0.39, 0.29) is 16.5 Å². The number of nitrogens with zero attached hydrogens (tertiary/aromatic N) is 3. The number of rotatable bonds is 7. The molecule has 0 N–H and O–H groups in total. The van der Waals surface area contributed by atoms with Crippen LogP contribution in [0.5, 0.6) is 5.88 Å². The summed E-state index contributed by atoms with van der Waals surface area (Å²) in [5.74, 6) is 0.501. The first kappa shape index (κ1) is 20.7. The van der Waals surface area contributed by atoms with Crippen LogP contribution < -0.4 is 4.74 Å². The van der Waals surface area contributed by atoms with Crippen molar-refractivity contribution in [2.24, 2.45) is 5.92 Å². The number of benzene rings is 2. The number of aromatic nitrogens is 2. The molecule has 0 saturated heterocycles. The van der Waals surface area contributed by atoms with Crippen LogP contribution in [0.3, 0.4) is 0 Å². The standard InChI is InChI=1S/C22H23N3O3S/c1-15(2)12-13-28-22-21(24-18-6-4-5-7-19(18)25-22)20(14-23)29(26,27)17-10-8-16(3)9-11-17/h4-11,15,20H,12-13H2,1-3H3. The molecule has 0 aliphatic rings. The first-order valence-electron chi connectivity index (χ1n) is 9.42. The van der Waals surface area contributed by atoms with Crippen molar-refractivity contribution in [3.8, 4) is 11.9 Å². The van der Waals surface area contributed by atoms with E-state index in [0.717, 1.165) is 12.0 Å². The average molecular weight is 410 g/mol. The van der Waals surface area contributed by atoms with Crippen LogP contribution in [0.1, 0.15) is 36.8 Å². The summed E-state index contributed by atoms with van der Waals surface area (Å²) in [7, 11) is -4.00. The third kappa shape index (κ3) is 4.54. The summed E-state index contributed by atoms with van der Waals surface area (Å²) in [6, 6.07) is 15.4. The zero-order valence-electron chi connectivity index (χ0n) is 16.7. The van der Waals surface area contributed by atoms with E-state index in [1.807, 2.05) is 19.1 Å². The van der Waals surface area contributed by atoms with Gasteiger partial charge in [0.05, 0.1) is 28.6 Å². The molecule has 3 rings (SSSR count). The number of sulfone groups is 1. The number of aryl methyl sites for hydroxylation is 1. The van der Waals surface area contributed by atoms with Gasteiger partial charge in [0.15, 0.2) is 5.25 Å². The molecule has 1 unspecified atom stereocenters. The molecule has 0 spiro atoms. The molecule has 0 aliphatic carbocycles. The summed E-state index contributed by atoms with van der Waals surface area (Å²) in [5, 5.41) is 8.27. The smallest absolute Gasteiger partial charge is 0.238 e. The Hall–Kier alpha value is -2.98. The fourth-order valence-corrected chi connectivity index (χ4v) is 4.18. The zero-order chi connectivity index (χ0) is 21.0. The monoisotopic (exact) mass is 409 g/mol. The maximum absolute atomic E-state index is 13.2. The fourth-order valence-electron chi connectivity index (χ4n) is 2.81. The van der Waals surface area contributed by atoms with Crippen molar-refractivity contribution >= 4 is 20.9 Å². The summed E-state index contributed by atoms with van der Waals surface area (Å²) < 4.78 is 32.2. The summed E-state index contributed by atoms with van der Waals surface area (Å²) in [5.41, 5.74) is 2.05. The van der Waals surface area contributed by atoms with Crippen LogP contribution in [-0.2, 0) is 9.84 Å². The van der Waals surface area contributed by atoms with Gasteiger partial charge in [-0.25, -0.2) is 18.4 Å². The molecule has 150 valence electrons. The SMILES string of the molecule is Cc1ccc(S(=O)(=O)C(C#N)c2nc3ccccc3nc2OCCC(C)C)cc1. The molecule has 0 fully saturated rings. The molecule has 0 aliphatic heterocycles. The number of hydrogen-bond donors (Lipinski definition) is 0. The molecule has 3 aromatic rings. The molecule has 7 heteroatoms. The van der Waals surface area contributed by atoms with Crippen LogP contribution in [0, 0.1) is 24.2 Å². The summed E-state index contributed by atoms with van der Waals surface area (Å²) in [6.07, 6.45) is 0.774. The Bertz CT molecular complexity index is 1150. The minimum Gasteiger partial charge on any atom is -0.476 e. The lowest BCUT2D eigenvalue weighted by atomic mass is 10.1. The Balaban J connectivity index is 2.11. The summed E-state index contributed by atoms with van der Waals surface area (Å²) >= 11 is 0. The summed E-state index contributed by atoms with van der Waals surface area (Å²) in [6.45, 7) is 6.36. The van der Waals surface area contributed by atoms with E-state index in [1.165, 1.54) is 12.1 Å². The molecule has 2 aromatic carbocycles.